The molecule has 0 bridgehead atoms. The highest BCUT2D eigenvalue weighted by Gasteiger charge is 2.28. The van der Waals surface area contributed by atoms with E-state index in [2.05, 4.69) is 41.6 Å². The molecule has 25 heavy (non-hydrogen) atoms. The molecule has 1 amide bonds. The minimum absolute atomic E-state index is 0.0114. The van der Waals surface area contributed by atoms with Gasteiger partial charge in [0.25, 0.3) is 11.5 Å². The summed E-state index contributed by atoms with van der Waals surface area (Å²) in [5, 5.41) is 6.91. The highest BCUT2D eigenvalue weighted by Crippen LogP contribution is 2.33. The normalized spacial score (nSPS) is 20.2. The molecular weight excluding hydrogens is 318 g/mol. The number of carbonyl (C=O) groups excluding carboxylic acids is 1. The summed E-state index contributed by atoms with van der Waals surface area (Å²) in [5.74, 6) is -0.0585. The summed E-state index contributed by atoms with van der Waals surface area (Å²) in [7, 11) is 1.53. The SMILES string of the molecule is Cc1ccc([C@@H]2OCCC[C@@H]2CNC(=O)c2ccc(=O)n(C)n2)cc1. The van der Waals surface area contributed by atoms with Crippen LogP contribution in [0.15, 0.2) is 41.2 Å². The van der Waals surface area contributed by atoms with Gasteiger partial charge in [-0.25, -0.2) is 4.68 Å². The van der Waals surface area contributed by atoms with Gasteiger partial charge in [0.2, 0.25) is 0 Å². The number of nitrogens with zero attached hydrogens (tertiary/aromatic N) is 2. The van der Waals surface area contributed by atoms with Crippen LogP contribution in [0.25, 0.3) is 0 Å². The molecule has 6 heteroatoms. The Balaban J connectivity index is 1.67. The lowest BCUT2D eigenvalue weighted by Gasteiger charge is -2.32. The van der Waals surface area contributed by atoms with E-state index in [9.17, 15) is 9.59 Å². The van der Waals surface area contributed by atoms with Gasteiger partial charge >= 0.3 is 0 Å². The number of benzene rings is 1. The molecule has 3 rings (SSSR count). The average molecular weight is 341 g/mol. The van der Waals surface area contributed by atoms with Gasteiger partial charge in [-0.1, -0.05) is 29.8 Å². The summed E-state index contributed by atoms with van der Waals surface area (Å²) < 4.78 is 7.14. The van der Waals surface area contributed by atoms with E-state index in [0.29, 0.717) is 6.54 Å². The Labute approximate surface area is 146 Å². The summed E-state index contributed by atoms with van der Waals surface area (Å²) in [6.07, 6.45) is 1.98. The summed E-state index contributed by atoms with van der Waals surface area (Å²) in [6, 6.07) is 11.1. The molecule has 0 radical (unpaired) electrons. The number of hydrogen-bond donors (Lipinski definition) is 1. The first-order valence-electron chi connectivity index (χ1n) is 8.55. The first-order chi connectivity index (χ1) is 12.0. The van der Waals surface area contributed by atoms with Crippen molar-refractivity contribution in [3.05, 3.63) is 63.6 Å². The first kappa shape index (κ1) is 17.4. The van der Waals surface area contributed by atoms with E-state index in [-0.39, 0.29) is 29.2 Å². The van der Waals surface area contributed by atoms with Crippen molar-refractivity contribution in [3.63, 3.8) is 0 Å². The summed E-state index contributed by atoms with van der Waals surface area (Å²) in [4.78, 5) is 23.7. The van der Waals surface area contributed by atoms with Crippen LogP contribution in [0.5, 0.6) is 0 Å². The maximum atomic E-state index is 12.3. The van der Waals surface area contributed by atoms with E-state index < -0.39 is 0 Å². The second-order valence-corrected chi connectivity index (χ2v) is 6.49. The van der Waals surface area contributed by atoms with Crippen LogP contribution in [0.3, 0.4) is 0 Å². The van der Waals surface area contributed by atoms with Crippen LogP contribution in [0, 0.1) is 12.8 Å². The van der Waals surface area contributed by atoms with Crippen molar-refractivity contribution < 1.29 is 9.53 Å². The molecule has 0 unspecified atom stereocenters. The second-order valence-electron chi connectivity index (χ2n) is 6.49. The lowest BCUT2D eigenvalue weighted by molar-refractivity contribution is -0.0272. The third-order valence-electron chi connectivity index (χ3n) is 4.57. The van der Waals surface area contributed by atoms with Crippen LogP contribution >= 0.6 is 0 Å². The van der Waals surface area contributed by atoms with Crippen LogP contribution < -0.4 is 10.9 Å². The van der Waals surface area contributed by atoms with Gasteiger partial charge in [-0.2, -0.15) is 5.10 Å². The molecule has 2 atom stereocenters. The van der Waals surface area contributed by atoms with Gasteiger partial charge in [-0.15, -0.1) is 0 Å². The van der Waals surface area contributed by atoms with Crippen molar-refractivity contribution in [2.45, 2.75) is 25.9 Å². The fourth-order valence-electron chi connectivity index (χ4n) is 3.11. The quantitative estimate of drug-likeness (QED) is 0.923. The third kappa shape index (κ3) is 4.14. The molecule has 1 saturated heterocycles. The molecule has 1 aromatic heterocycles. The van der Waals surface area contributed by atoms with Gasteiger partial charge in [0, 0.05) is 32.2 Å². The maximum Gasteiger partial charge on any atom is 0.271 e. The third-order valence-corrected chi connectivity index (χ3v) is 4.57. The summed E-state index contributed by atoms with van der Waals surface area (Å²) in [6.45, 7) is 3.32. The van der Waals surface area contributed by atoms with Gasteiger partial charge < -0.3 is 10.1 Å². The van der Waals surface area contributed by atoms with Crippen molar-refractivity contribution in [1.29, 1.82) is 0 Å². The number of ether oxygens (including phenoxy) is 1. The molecule has 132 valence electrons. The van der Waals surface area contributed by atoms with Crippen molar-refractivity contribution in [2.75, 3.05) is 13.2 Å². The Hall–Kier alpha value is -2.47. The standard InChI is InChI=1S/C19H23N3O3/c1-13-5-7-14(8-6-13)18-15(4-3-11-25-18)12-20-19(24)16-9-10-17(23)22(2)21-16/h5-10,15,18H,3-4,11-12H2,1-2H3,(H,20,24)/t15-,18+/m1/s1. The zero-order valence-corrected chi connectivity index (χ0v) is 14.6. The van der Waals surface area contributed by atoms with Crippen LogP contribution in [0.2, 0.25) is 0 Å². The molecule has 6 nitrogen and oxygen atoms in total. The highest BCUT2D eigenvalue weighted by atomic mass is 16.5. The van der Waals surface area contributed by atoms with Gasteiger partial charge in [0.15, 0.2) is 0 Å². The largest absolute Gasteiger partial charge is 0.373 e. The Kier molecular flexibility index (Phi) is 5.28. The molecule has 1 fully saturated rings. The van der Waals surface area contributed by atoms with Gasteiger partial charge in [0.1, 0.15) is 5.69 Å². The number of aromatic nitrogens is 2. The highest BCUT2D eigenvalue weighted by molar-refractivity contribution is 5.91. The fourth-order valence-corrected chi connectivity index (χ4v) is 3.11. The lowest BCUT2D eigenvalue weighted by Crippen LogP contribution is -2.36. The number of rotatable bonds is 4. The minimum atomic E-state index is -0.274. The van der Waals surface area contributed by atoms with Crippen molar-refractivity contribution in [2.24, 2.45) is 13.0 Å². The van der Waals surface area contributed by atoms with Crippen molar-refractivity contribution >= 4 is 5.91 Å². The lowest BCUT2D eigenvalue weighted by atomic mass is 9.89. The molecule has 1 aliphatic heterocycles. The molecular formula is C19H23N3O3. The predicted molar refractivity (Wildman–Crippen MR) is 94.4 cm³/mol. The summed E-state index contributed by atoms with van der Waals surface area (Å²) in [5.41, 5.74) is 2.36. The molecule has 2 aromatic rings. The Morgan fingerprint density at radius 2 is 2.04 bits per heavy atom. The van der Waals surface area contributed by atoms with Crippen LogP contribution in [0.1, 0.15) is 40.6 Å². The van der Waals surface area contributed by atoms with Crippen LogP contribution in [-0.4, -0.2) is 28.8 Å². The van der Waals surface area contributed by atoms with Gasteiger partial charge in [-0.05, 0) is 31.4 Å². The van der Waals surface area contributed by atoms with Gasteiger partial charge in [-0.3, -0.25) is 9.59 Å². The average Bonchev–Trinajstić information content (AvgIpc) is 2.63. The number of aryl methyl sites for hydroxylation is 2. The zero-order valence-electron chi connectivity index (χ0n) is 14.6. The maximum absolute atomic E-state index is 12.3. The Morgan fingerprint density at radius 1 is 1.28 bits per heavy atom. The monoisotopic (exact) mass is 341 g/mol. The van der Waals surface area contributed by atoms with Gasteiger partial charge in [0.05, 0.1) is 6.10 Å². The Bertz CT molecular complexity index is 798. The molecule has 1 aliphatic rings. The van der Waals surface area contributed by atoms with E-state index in [0.717, 1.165) is 29.7 Å². The predicted octanol–water partition coefficient (Wildman–Crippen LogP) is 1.99. The first-order valence-corrected chi connectivity index (χ1v) is 8.55. The Morgan fingerprint density at radius 3 is 2.76 bits per heavy atom. The van der Waals surface area contributed by atoms with E-state index in [1.54, 1.807) is 0 Å². The topological polar surface area (TPSA) is 73.2 Å². The molecule has 1 aromatic carbocycles. The van der Waals surface area contributed by atoms with Crippen molar-refractivity contribution in [3.8, 4) is 0 Å². The zero-order chi connectivity index (χ0) is 17.8. The van der Waals surface area contributed by atoms with Crippen LogP contribution in [0.4, 0.5) is 0 Å². The number of amides is 1. The van der Waals surface area contributed by atoms with Crippen LogP contribution in [-0.2, 0) is 11.8 Å². The smallest absolute Gasteiger partial charge is 0.271 e. The number of nitrogens with one attached hydrogen (secondary N) is 1. The van der Waals surface area contributed by atoms with E-state index in [4.69, 9.17) is 4.74 Å². The second kappa shape index (κ2) is 7.61. The molecule has 0 saturated carbocycles. The van der Waals surface area contributed by atoms with E-state index in [1.807, 2.05) is 0 Å². The minimum Gasteiger partial charge on any atom is -0.373 e. The van der Waals surface area contributed by atoms with Crippen molar-refractivity contribution in [1.82, 2.24) is 15.1 Å². The molecule has 0 aliphatic carbocycles. The van der Waals surface area contributed by atoms with E-state index >= 15 is 0 Å². The van der Waals surface area contributed by atoms with E-state index in [1.165, 1.54) is 24.7 Å². The fraction of sp³-hybridized carbons (Fsp3) is 0.421. The molecule has 0 spiro atoms. The molecule has 2 heterocycles. The number of hydrogen-bond acceptors (Lipinski definition) is 4. The molecule has 1 N–H and O–H groups in total. The number of carbonyl (C=O) groups is 1. The summed E-state index contributed by atoms with van der Waals surface area (Å²) >= 11 is 0.